The van der Waals surface area contributed by atoms with Crippen LogP contribution in [0, 0.1) is 0 Å². The van der Waals surface area contributed by atoms with E-state index >= 15 is 0 Å². The molecule has 1 N–H and O–H groups in total. The number of hydrogen-bond donors (Lipinski definition) is 1. The molecule has 0 aliphatic carbocycles. The quantitative estimate of drug-likeness (QED) is 0.568. The third kappa shape index (κ3) is 2.71. The van der Waals surface area contributed by atoms with Crippen LogP contribution in [-0.2, 0) is 6.61 Å². The lowest BCUT2D eigenvalue weighted by atomic mass is 10.1. The number of benzene rings is 1. The molecule has 0 bridgehead atoms. The second-order valence-electron chi connectivity index (χ2n) is 2.79. The maximum Gasteiger partial charge on any atom is 0.150 e. The molecule has 0 spiro atoms. The van der Waals surface area contributed by atoms with Gasteiger partial charge in [-0.3, -0.25) is 4.79 Å². The van der Waals surface area contributed by atoms with Gasteiger partial charge in [0.15, 0.2) is 0 Å². The minimum Gasteiger partial charge on any atom is -0.490 e. The number of hydrogen-bond acceptors (Lipinski definition) is 3. The first-order valence-electron chi connectivity index (χ1n) is 4.24. The molecule has 0 amide bonds. The van der Waals surface area contributed by atoms with E-state index < -0.39 is 0 Å². The third-order valence-electron chi connectivity index (χ3n) is 1.68. The average molecular weight is 192 g/mol. The molecule has 0 aliphatic rings. The lowest BCUT2D eigenvalue weighted by Crippen LogP contribution is -1.96. The van der Waals surface area contributed by atoms with Crippen molar-refractivity contribution in [1.29, 1.82) is 0 Å². The summed E-state index contributed by atoms with van der Waals surface area (Å²) >= 11 is 0. The molecule has 74 valence electrons. The monoisotopic (exact) mass is 192 g/mol. The van der Waals surface area contributed by atoms with E-state index in [-0.39, 0.29) is 6.61 Å². The van der Waals surface area contributed by atoms with Gasteiger partial charge in [-0.2, -0.15) is 0 Å². The lowest BCUT2D eigenvalue weighted by molar-refractivity contribution is 0.112. The average Bonchev–Trinajstić information content (AvgIpc) is 2.25. The van der Waals surface area contributed by atoms with Crippen LogP contribution in [0.2, 0.25) is 0 Å². The van der Waals surface area contributed by atoms with Crippen molar-refractivity contribution >= 4 is 6.29 Å². The highest BCUT2D eigenvalue weighted by Crippen LogP contribution is 2.16. The molecule has 1 rings (SSSR count). The smallest absolute Gasteiger partial charge is 0.150 e. The maximum absolute atomic E-state index is 10.5. The van der Waals surface area contributed by atoms with Crippen LogP contribution in [0.4, 0.5) is 0 Å². The van der Waals surface area contributed by atoms with Gasteiger partial charge in [0, 0.05) is 5.56 Å². The molecule has 0 radical (unpaired) electrons. The zero-order chi connectivity index (χ0) is 10.4. The number of aliphatic hydroxyl groups excluding tert-OH is 1. The zero-order valence-corrected chi connectivity index (χ0v) is 7.77. The summed E-state index contributed by atoms with van der Waals surface area (Å²) in [4.78, 5) is 10.5. The third-order valence-corrected chi connectivity index (χ3v) is 1.68. The first-order valence-corrected chi connectivity index (χ1v) is 4.24. The highest BCUT2D eigenvalue weighted by atomic mass is 16.5. The molecular weight excluding hydrogens is 180 g/mol. The molecular formula is C11H12O3. The fraction of sp³-hybridized carbons (Fsp3) is 0.182. The van der Waals surface area contributed by atoms with E-state index in [1.54, 1.807) is 24.3 Å². The normalized spacial score (nSPS) is 9.50. The summed E-state index contributed by atoms with van der Waals surface area (Å²) in [5.74, 6) is 0.568. The van der Waals surface area contributed by atoms with Gasteiger partial charge in [-0.15, -0.1) is 0 Å². The molecule has 0 unspecified atom stereocenters. The molecule has 1 aromatic rings. The summed E-state index contributed by atoms with van der Waals surface area (Å²) in [6.07, 6.45) is 2.34. The molecule has 14 heavy (non-hydrogen) atoms. The Bertz CT molecular complexity index is 331. The van der Waals surface area contributed by atoms with Crippen LogP contribution in [0.1, 0.15) is 15.9 Å². The van der Waals surface area contributed by atoms with E-state index in [0.29, 0.717) is 23.5 Å². The Morgan fingerprint density at radius 2 is 2.21 bits per heavy atom. The summed E-state index contributed by atoms with van der Waals surface area (Å²) in [5, 5.41) is 8.92. The molecule has 3 nitrogen and oxygen atoms in total. The number of aldehydes is 1. The van der Waals surface area contributed by atoms with Crippen LogP contribution in [0.5, 0.6) is 5.75 Å². The Balaban J connectivity index is 2.91. The van der Waals surface area contributed by atoms with Crippen LogP contribution in [0.3, 0.4) is 0 Å². The topological polar surface area (TPSA) is 46.5 Å². The van der Waals surface area contributed by atoms with Crippen molar-refractivity contribution in [3.63, 3.8) is 0 Å². The van der Waals surface area contributed by atoms with Crippen LogP contribution in [0.15, 0.2) is 30.9 Å². The molecule has 0 aliphatic heterocycles. The van der Waals surface area contributed by atoms with Gasteiger partial charge in [-0.25, -0.2) is 0 Å². The number of ether oxygens (including phenoxy) is 1. The molecule has 0 saturated heterocycles. The second kappa shape index (κ2) is 5.19. The molecule has 0 heterocycles. The van der Waals surface area contributed by atoms with Crippen LogP contribution < -0.4 is 4.74 Å². The van der Waals surface area contributed by atoms with Gasteiger partial charge in [-0.05, 0) is 23.8 Å². The summed E-state index contributed by atoms with van der Waals surface area (Å²) < 4.78 is 5.25. The van der Waals surface area contributed by atoms with Gasteiger partial charge in [0.25, 0.3) is 0 Å². The largest absolute Gasteiger partial charge is 0.490 e. The van der Waals surface area contributed by atoms with Crippen LogP contribution >= 0.6 is 0 Å². The summed E-state index contributed by atoms with van der Waals surface area (Å²) in [6, 6.07) is 4.93. The van der Waals surface area contributed by atoms with E-state index in [1.807, 2.05) is 0 Å². The van der Waals surface area contributed by atoms with Crippen molar-refractivity contribution < 1.29 is 14.6 Å². The molecule has 0 saturated carbocycles. The Morgan fingerprint density at radius 3 is 2.79 bits per heavy atom. The standard InChI is InChI=1S/C11H12O3/c1-2-3-14-11-5-9(7-12)4-10(6-11)8-13/h2,4-7,13H,1,3,8H2. The summed E-state index contributed by atoms with van der Waals surface area (Å²) in [6.45, 7) is 3.79. The first kappa shape index (κ1) is 10.5. The van der Waals surface area contributed by atoms with Crippen LogP contribution in [-0.4, -0.2) is 18.0 Å². The Labute approximate surface area is 82.6 Å². The van der Waals surface area contributed by atoms with E-state index in [0.717, 1.165) is 6.29 Å². The zero-order valence-electron chi connectivity index (χ0n) is 7.77. The van der Waals surface area contributed by atoms with Crippen molar-refractivity contribution in [2.75, 3.05) is 6.61 Å². The SMILES string of the molecule is C=CCOc1cc(C=O)cc(CO)c1. The lowest BCUT2D eigenvalue weighted by Gasteiger charge is -2.05. The number of rotatable bonds is 5. The van der Waals surface area contributed by atoms with Gasteiger partial charge in [0.2, 0.25) is 0 Å². The van der Waals surface area contributed by atoms with E-state index in [9.17, 15) is 4.79 Å². The number of carbonyl (C=O) groups is 1. The second-order valence-corrected chi connectivity index (χ2v) is 2.79. The Kier molecular flexibility index (Phi) is 3.88. The fourth-order valence-electron chi connectivity index (χ4n) is 1.08. The number of aliphatic hydroxyl groups is 1. The maximum atomic E-state index is 10.5. The van der Waals surface area contributed by atoms with Crippen molar-refractivity contribution in [2.24, 2.45) is 0 Å². The molecule has 0 aromatic heterocycles. The van der Waals surface area contributed by atoms with Crippen molar-refractivity contribution in [1.82, 2.24) is 0 Å². The van der Waals surface area contributed by atoms with Crippen molar-refractivity contribution in [3.05, 3.63) is 42.0 Å². The number of carbonyl (C=O) groups excluding carboxylic acids is 1. The minimum absolute atomic E-state index is 0.105. The predicted octanol–water partition coefficient (Wildman–Crippen LogP) is 1.56. The fourth-order valence-corrected chi connectivity index (χ4v) is 1.08. The van der Waals surface area contributed by atoms with Gasteiger partial charge in [0.05, 0.1) is 6.61 Å². The van der Waals surface area contributed by atoms with Gasteiger partial charge < -0.3 is 9.84 Å². The summed E-state index contributed by atoms with van der Waals surface area (Å²) in [5.41, 5.74) is 1.16. The molecule has 0 atom stereocenters. The summed E-state index contributed by atoms with van der Waals surface area (Å²) in [7, 11) is 0. The highest BCUT2D eigenvalue weighted by Gasteiger charge is 2.00. The molecule has 3 heteroatoms. The van der Waals surface area contributed by atoms with Crippen LogP contribution in [0.25, 0.3) is 0 Å². The molecule has 1 aromatic carbocycles. The first-order chi connectivity index (χ1) is 6.80. The van der Waals surface area contributed by atoms with E-state index in [4.69, 9.17) is 9.84 Å². The van der Waals surface area contributed by atoms with Crippen molar-refractivity contribution in [3.8, 4) is 5.75 Å². The Hall–Kier alpha value is -1.61. The Morgan fingerprint density at radius 1 is 1.43 bits per heavy atom. The van der Waals surface area contributed by atoms with Gasteiger partial charge >= 0.3 is 0 Å². The van der Waals surface area contributed by atoms with Crippen molar-refractivity contribution in [2.45, 2.75) is 6.61 Å². The minimum atomic E-state index is -0.105. The van der Waals surface area contributed by atoms with E-state index in [1.165, 1.54) is 0 Å². The predicted molar refractivity (Wildman–Crippen MR) is 53.4 cm³/mol. The highest BCUT2D eigenvalue weighted by molar-refractivity contribution is 5.76. The molecule has 0 fully saturated rings. The van der Waals surface area contributed by atoms with Gasteiger partial charge in [-0.1, -0.05) is 12.7 Å². The van der Waals surface area contributed by atoms with Gasteiger partial charge in [0.1, 0.15) is 18.6 Å². The van der Waals surface area contributed by atoms with E-state index in [2.05, 4.69) is 6.58 Å².